The number of amides is 1. The van der Waals surface area contributed by atoms with Crippen LogP contribution in [-0.4, -0.2) is 18.8 Å². The number of carbonyl (C=O) groups is 1. The monoisotopic (exact) mass is 353 g/mol. The predicted molar refractivity (Wildman–Crippen MR) is 87.7 cm³/mol. The number of fused-ring (bicyclic) bond motifs is 1. The third-order valence-electron chi connectivity index (χ3n) is 3.21. The normalized spacial score (nSPS) is 13.5. The van der Waals surface area contributed by atoms with Crippen molar-refractivity contribution in [1.29, 1.82) is 0 Å². The van der Waals surface area contributed by atoms with Gasteiger partial charge in [0, 0.05) is 16.8 Å². The molecule has 5 nitrogen and oxygen atoms in total. The lowest BCUT2D eigenvalue weighted by molar-refractivity contribution is -0.122. The van der Waals surface area contributed by atoms with E-state index in [-0.39, 0.29) is 12.7 Å². The van der Waals surface area contributed by atoms with E-state index in [0.717, 1.165) is 0 Å². The summed E-state index contributed by atoms with van der Waals surface area (Å²) in [6.45, 7) is 1.81. The highest BCUT2D eigenvalue weighted by molar-refractivity contribution is 6.35. The molecule has 3 rings (SSSR count). The molecule has 7 heteroatoms. The van der Waals surface area contributed by atoms with Gasteiger partial charge in [-0.05, 0) is 37.3 Å². The molecular formula is C16H13Cl2NO4. The SMILES string of the molecule is C[C@H](Oc1ccc(Cl)cc1Cl)C(=O)Nc1ccc2c(c1)OCO2. The summed E-state index contributed by atoms with van der Waals surface area (Å²) in [5, 5.41) is 3.60. The zero-order valence-corrected chi connectivity index (χ0v) is 13.6. The first kappa shape index (κ1) is 15.8. The standard InChI is InChI=1S/C16H13Cl2NO4/c1-9(23-13-4-2-10(17)6-12(13)18)16(20)19-11-3-5-14-15(7-11)22-8-21-14/h2-7,9H,8H2,1H3,(H,19,20)/t9-/m0/s1. The summed E-state index contributed by atoms with van der Waals surface area (Å²) in [6.07, 6.45) is -0.737. The van der Waals surface area contributed by atoms with E-state index in [1.165, 1.54) is 0 Å². The second kappa shape index (κ2) is 6.56. The van der Waals surface area contributed by atoms with Crippen LogP contribution >= 0.6 is 23.2 Å². The van der Waals surface area contributed by atoms with Crippen molar-refractivity contribution in [3.63, 3.8) is 0 Å². The van der Waals surface area contributed by atoms with Gasteiger partial charge in [0.15, 0.2) is 17.6 Å². The van der Waals surface area contributed by atoms with Crippen molar-refractivity contribution < 1.29 is 19.0 Å². The smallest absolute Gasteiger partial charge is 0.265 e. The van der Waals surface area contributed by atoms with Crippen molar-refractivity contribution in [3.8, 4) is 17.2 Å². The molecule has 0 bridgehead atoms. The molecule has 0 radical (unpaired) electrons. The molecule has 1 atom stereocenters. The van der Waals surface area contributed by atoms with E-state index in [9.17, 15) is 4.79 Å². The molecule has 2 aromatic rings. The van der Waals surface area contributed by atoms with Gasteiger partial charge in [0.05, 0.1) is 5.02 Å². The fraction of sp³-hybridized carbons (Fsp3) is 0.188. The summed E-state index contributed by atoms with van der Waals surface area (Å²) < 4.78 is 16.1. The summed E-state index contributed by atoms with van der Waals surface area (Å²) in [6, 6.07) is 9.98. The molecule has 0 saturated carbocycles. The molecule has 0 aliphatic carbocycles. The first-order valence-corrected chi connectivity index (χ1v) is 7.61. The van der Waals surface area contributed by atoms with Crippen molar-refractivity contribution in [2.75, 3.05) is 12.1 Å². The summed E-state index contributed by atoms with van der Waals surface area (Å²) in [7, 11) is 0. The molecule has 0 aromatic heterocycles. The van der Waals surface area contributed by atoms with E-state index in [2.05, 4.69) is 5.32 Å². The Morgan fingerprint density at radius 1 is 1.17 bits per heavy atom. The van der Waals surface area contributed by atoms with Crippen molar-refractivity contribution in [1.82, 2.24) is 0 Å². The van der Waals surface area contributed by atoms with Gasteiger partial charge in [-0.2, -0.15) is 0 Å². The van der Waals surface area contributed by atoms with E-state index in [4.69, 9.17) is 37.4 Å². The molecule has 2 aromatic carbocycles. The zero-order chi connectivity index (χ0) is 16.4. The van der Waals surface area contributed by atoms with Gasteiger partial charge in [0.1, 0.15) is 5.75 Å². The highest BCUT2D eigenvalue weighted by Gasteiger charge is 2.18. The van der Waals surface area contributed by atoms with Crippen LogP contribution in [0.4, 0.5) is 5.69 Å². The average Bonchev–Trinajstić information content (AvgIpc) is 2.97. The van der Waals surface area contributed by atoms with Gasteiger partial charge in [0.2, 0.25) is 6.79 Å². The minimum absolute atomic E-state index is 0.182. The predicted octanol–water partition coefficient (Wildman–Crippen LogP) is 4.13. The number of rotatable bonds is 4. The molecular weight excluding hydrogens is 341 g/mol. The Morgan fingerprint density at radius 2 is 1.96 bits per heavy atom. The number of carbonyl (C=O) groups excluding carboxylic acids is 1. The highest BCUT2D eigenvalue weighted by Crippen LogP contribution is 2.34. The van der Waals surface area contributed by atoms with Gasteiger partial charge in [-0.3, -0.25) is 4.79 Å². The minimum Gasteiger partial charge on any atom is -0.479 e. The van der Waals surface area contributed by atoms with Gasteiger partial charge >= 0.3 is 0 Å². The van der Waals surface area contributed by atoms with Crippen molar-refractivity contribution in [2.45, 2.75) is 13.0 Å². The molecule has 0 spiro atoms. The molecule has 1 heterocycles. The number of halogens is 2. The maximum atomic E-state index is 12.2. The Bertz CT molecular complexity index is 751. The third kappa shape index (κ3) is 3.63. The molecule has 0 unspecified atom stereocenters. The molecule has 1 aliphatic heterocycles. The number of nitrogens with one attached hydrogen (secondary N) is 1. The van der Waals surface area contributed by atoms with Crippen molar-refractivity contribution >= 4 is 34.8 Å². The molecule has 1 amide bonds. The number of hydrogen-bond donors (Lipinski definition) is 1. The molecule has 0 saturated heterocycles. The van der Waals surface area contributed by atoms with Crippen LogP contribution < -0.4 is 19.5 Å². The Kier molecular flexibility index (Phi) is 4.50. The molecule has 120 valence electrons. The second-order valence-electron chi connectivity index (χ2n) is 4.89. The first-order chi connectivity index (χ1) is 11.0. The third-order valence-corrected chi connectivity index (χ3v) is 3.74. The first-order valence-electron chi connectivity index (χ1n) is 6.85. The maximum Gasteiger partial charge on any atom is 0.265 e. The number of ether oxygens (including phenoxy) is 3. The summed E-state index contributed by atoms with van der Waals surface area (Å²) >= 11 is 11.9. The lowest BCUT2D eigenvalue weighted by atomic mass is 10.2. The number of hydrogen-bond acceptors (Lipinski definition) is 4. The fourth-order valence-electron chi connectivity index (χ4n) is 2.03. The van der Waals surface area contributed by atoms with Crippen LogP contribution in [0.5, 0.6) is 17.2 Å². The summed E-state index contributed by atoms with van der Waals surface area (Å²) in [5.74, 6) is 1.33. The van der Waals surface area contributed by atoms with E-state index in [1.807, 2.05) is 0 Å². The van der Waals surface area contributed by atoms with Crippen molar-refractivity contribution in [3.05, 3.63) is 46.4 Å². The van der Waals surface area contributed by atoms with Crippen molar-refractivity contribution in [2.24, 2.45) is 0 Å². The van der Waals surface area contributed by atoms with Gasteiger partial charge in [-0.1, -0.05) is 23.2 Å². The van der Waals surface area contributed by atoms with E-state index < -0.39 is 6.10 Å². The lowest BCUT2D eigenvalue weighted by Gasteiger charge is -2.16. The van der Waals surface area contributed by atoms with Crippen LogP contribution in [0.3, 0.4) is 0 Å². The Labute approximate surface area is 143 Å². The topological polar surface area (TPSA) is 56.8 Å². The maximum absolute atomic E-state index is 12.2. The van der Waals surface area contributed by atoms with Crippen LogP contribution in [0.2, 0.25) is 10.0 Å². The van der Waals surface area contributed by atoms with Gasteiger partial charge in [0.25, 0.3) is 5.91 Å². The Morgan fingerprint density at radius 3 is 2.74 bits per heavy atom. The average molecular weight is 354 g/mol. The van der Waals surface area contributed by atoms with Gasteiger partial charge in [-0.25, -0.2) is 0 Å². The van der Waals surface area contributed by atoms with Crippen LogP contribution in [0, 0.1) is 0 Å². The Balaban J connectivity index is 1.65. The highest BCUT2D eigenvalue weighted by atomic mass is 35.5. The second-order valence-corrected chi connectivity index (χ2v) is 5.74. The fourth-order valence-corrected chi connectivity index (χ4v) is 2.49. The lowest BCUT2D eigenvalue weighted by Crippen LogP contribution is -2.30. The van der Waals surface area contributed by atoms with E-state index in [0.29, 0.717) is 33.0 Å². The molecule has 0 fully saturated rings. The van der Waals surface area contributed by atoms with E-state index in [1.54, 1.807) is 43.3 Å². The largest absolute Gasteiger partial charge is 0.479 e. The van der Waals surface area contributed by atoms with Gasteiger partial charge < -0.3 is 19.5 Å². The molecule has 23 heavy (non-hydrogen) atoms. The molecule has 1 N–H and O–H groups in total. The summed E-state index contributed by atoms with van der Waals surface area (Å²) in [5.41, 5.74) is 0.594. The number of anilines is 1. The zero-order valence-electron chi connectivity index (χ0n) is 12.1. The van der Waals surface area contributed by atoms with Crippen LogP contribution in [0.15, 0.2) is 36.4 Å². The van der Waals surface area contributed by atoms with E-state index >= 15 is 0 Å². The number of benzene rings is 2. The van der Waals surface area contributed by atoms with Crippen LogP contribution in [0.1, 0.15) is 6.92 Å². The van der Waals surface area contributed by atoms with Crippen LogP contribution in [-0.2, 0) is 4.79 Å². The summed E-state index contributed by atoms with van der Waals surface area (Å²) in [4.78, 5) is 12.2. The van der Waals surface area contributed by atoms with Gasteiger partial charge in [-0.15, -0.1) is 0 Å². The Hall–Kier alpha value is -2.11. The quantitative estimate of drug-likeness (QED) is 0.897. The van der Waals surface area contributed by atoms with Crippen LogP contribution in [0.25, 0.3) is 0 Å². The minimum atomic E-state index is -0.737. The molecule has 1 aliphatic rings.